The molecule has 0 saturated carbocycles. The predicted molar refractivity (Wildman–Crippen MR) is 68.8 cm³/mol. The van der Waals surface area contributed by atoms with Crippen LogP contribution in [0.5, 0.6) is 0 Å². The van der Waals surface area contributed by atoms with E-state index in [9.17, 15) is 0 Å². The Morgan fingerprint density at radius 2 is 2.06 bits per heavy atom. The van der Waals surface area contributed by atoms with Gasteiger partial charge in [-0.15, -0.1) is 0 Å². The molecule has 3 nitrogen and oxygen atoms in total. The summed E-state index contributed by atoms with van der Waals surface area (Å²) in [6.07, 6.45) is 3.72. The number of hydrogen-bond acceptors (Lipinski definition) is 3. The fraction of sp³-hybridized carbons (Fsp3) is 1.00. The van der Waals surface area contributed by atoms with E-state index in [0.717, 1.165) is 32.2 Å². The zero-order valence-corrected chi connectivity index (χ0v) is 11.2. The Balaban J connectivity index is 2.14. The lowest BCUT2D eigenvalue weighted by Crippen LogP contribution is -2.37. The first-order valence-electron chi connectivity index (χ1n) is 6.72. The summed E-state index contributed by atoms with van der Waals surface area (Å²) in [5.41, 5.74) is 0. The van der Waals surface area contributed by atoms with Crippen LogP contribution >= 0.6 is 0 Å². The molecule has 0 radical (unpaired) electrons. The van der Waals surface area contributed by atoms with Crippen LogP contribution in [-0.4, -0.2) is 50.8 Å². The van der Waals surface area contributed by atoms with Gasteiger partial charge in [0.1, 0.15) is 0 Å². The van der Waals surface area contributed by atoms with Crippen LogP contribution in [0.4, 0.5) is 0 Å². The minimum Gasteiger partial charge on any atom is -0.381 e. The summed E-state index contributed by atoms with van der Waals surface area (Å²) in [5, 5.41) is 3.39. The molecule has 1 rings (SSSR count). The van der Waals surface area contributed by atoms with E-state index in [2.05, 4.69) is 31.1 Å². The van der Waals surface area contributed by atoms with E-state index in [1.165, 1.54) is 25.8 Å². The Kier molecular flexibility index (Phi) is 7.01. The van der Waals surface area contributed by atoms with E-state index in [-0.39, 0.29) is 0 Å². The molecule has 1 saturated heterocycles. The molecule has 0 aromatic carbocycles. The molecule has 0 spiro atoms. The largest absolute Gasteiger partial charge is 0.381 e. The van der Waals surface area contributed by atoms with Crippen molar-refractivity contribution in [3.05, 3.63) is 0 Å². The molecule has 1 heterocycles. The number of nitrogens with one attached hydrogen (secondary N) is 1. The Morgan fingerprint density at radius 3 is 2.69 bits per heavy atom. The van der Waals surface area contributed by atoms with Crippen molar-refractivity contribution in [2.75, 3.05) is 39.9 Å². The van der Waals surface area contributed by atoms with Crippen LogP contribution in [0.25, 0.3) is 0 Å². The molecule has 0 aliphatic carbocycles. The van der Waals surface area contributed by atoms with Gasteiger partial charge in [0, 0.05) is 25.8 Å². The van der Waals surface area contributed by atoms with E-state index in [0.29, 0.717) is 6.04 Å². The van der Waals surface area contributed by atoms with Crippen molar-refractivity contribution in [3.63, 3.8) is 0 Å². The second-order valence-corrected chi connectivity index (χ2v) is 4.99. The molecule has 96 valence electrons. The van der Waals surface area contributed by atoms with Crippen LogP contribution in [0.3, 0.4) is 0 Å². The number of rotatable bonds is 7. The molecule has 0 aromatic heterocycles. The summed E-state index contributed by atoms with van der Waals surface area (Å²) in [6, 6.07) is 0.682. The third kappa shape index (κ3) is 5.28. The van der Waals surface area contributed by atoms with Crippen molar-refractivity contribution in [1.82, 2.24) is 10.2 Å². The van der Waals surface area contributed by atoms with Crippen molar-refractivity contribution >= 4 is 0 Å². The zero-order valence-electron chi connectivity index (χ0n) is 11.2. The van der Waals surface area contributed by atoms with Crippen LogP contribution in [0, 0.1) is 5.92 Å². The van der Waals surface area contributed by atoms with Crippen molar-refractivity contribution < 1.29 is 4.74 Å². The minimum atomic E-state index is 0.682. The van der Waals surface area contributed by atoms with E-state index >= 15 is 0 Å². The molecule has 3 heteroatoms. The maximum absolute atomic E-state index is 5.39. The van der Waals surface area contributed by atoms with Gasteiger partial charge in [0.15, 0.2) is 0 Å². The van der Waals surface area contributed by atoms with E-state index in [1.54, 1.807) is 0 Å². The highest BCUT2D eigenvalue weighted by Crippen LogP contribution is 2.16. The van der Waals surface area contributed by atoms with Crippen molar-refractivity contribution in [1.29, 1.82) is 0 Å². The van der Waals surface area contributed by atoms with Crippen molar-refractivity contribution in [2.45, 2.75) is 39.2 Å². The standard InChI is InChI=1S/C13H28N2O/c1-4-14-8-5-12(2)15(3)11-13-6-9-16-10-7-13/h12-14H,4-11H2,1-3H3. The fourth-order valence-corrected chi connectivity index (χ4v) is 2.22. The van der Waals surface area contributed by atoms with Gasteiger partial charge in [-0.2, -0.15) is 0 Å². The first-order valence-corrected chi connectivity index (χ1v) is 6.72. The molecule has 0 aromatic rings. The first-order chi connectivity index (χ1) is 7.74. The third-order valence-electron chi connectivity index (χ3n) is 3.63. The first kappa shape index (κ1) is 13.9. The number of nitrogens with zero attached hydrogens (tertiary/aromatic N) is 1. The average molecular weight is 228 g/mol. The van der Waals surface area contributed by atoms with E-state index in [1.807, 2.05) is 0 Å². The number of hydrogen-bond donors (Lipinski definition) is 1. The lowest BCUT2D eigenvalue weighted by Gasteiger charge is -2.31. The van der Waals surface area contributed by atoms with Gasteiger partial charge in [-0.05, 0) is 52.2 Å². The summed E-state index contributed by atoms with van der Waals surface area (Å²) in [7, 11) is 2.26. The quantitative estimate of drug-likeness (QED) is 0.672. The second kappa shape index (κ2) is 8.04. The second-order valence-electron chi connectivity index (χ2n) is 4.99. The molecule has 1 fully saturated rings. The lowest BCUT2D eigenvalue weighted by molar-refractivity contribution is 0.0509. The molecular formula is C13H28N2O. The topological polar surface area (TPSA) is 24.5 Å². The molecule has 1 aliphatic heterocycles. The van der Waals surface area contributed by atoms with Gasteiger partial charge >= 0.3 is 0 Å². The monoisotopic (exact) mass is 228 g/mol. The summed E-state index contributed by atoms with van der Waals surface area (Å²) in [6.45, 7) is 9.87. The average Bonchev–Trinajstić information content (AvgIpc) is 2.30. The van der Waals surface area contributed by atoms with Gasteiger partial charge in [-0.25, -0.2) is 0 Å². The SMILES string of the molecule is CCNCCC(C)N(C)CC1CCOCC1. The molecular weight excluding hydrogens is 200 g/mol. The molecule has 0 amide bonds. The summed E-state index contributed by atoms with van der Waals surface area (Å²) < 4.78 is 5.39. The molecule has 16 heavy (non-hydrogen) atoms. The van der Waals surface area contributed by atoms with Gasteiger partial charge < -0.3 is 15.0 Å². The van der Waals surface area contributed by atoms with Crippen LogP contribution in [0.15, 0.2) is 0 Å². The summed E-state index contributed by atoms with van der Waals surface area (Å²) >= 11 is 0. The molecule has 1 N–H and O–H groups in total. The highest BCUT2D eigenvalue weighted by Gasteiger charge is 2.18. The van der Waals surface area contributed by atoms with Gasteiger partial charge in [0.25, 0.3) is 0 Å². The Morgan fingerprint density at radius 1 is 1.38 bits per heavy atom. The molecule has 1 atom stereocenters. The van der Waals surface area contributed by atoms with Gasteiger partial charge in [0.2, 0.25) is 0 Å². The van der Waals surface area contributed by atoms with E-state index < -0.39 is 0 Å². The molecule has 1 unspecified atom stereocenters. The highest BCUT2D eigenvalue weighted by atomic mass is 16.5. The maximum atomic E-state index is 5.39. The van der Waals surface area contributed by atoms with Crippen LogP contribution in [0.2, 0.25) is 0 Å². The Hall–Kier alpha value is -0.120. The van der Waals surface area contributed by atoms with Crippen LogP contribution < -0.4 is 5.32 Å². The lowest BCUT2D eigenvalue weighted by atomic mass is 9.99. The smallest absolute Gasteiger partial charge is 0.0469 e. The maximum Gasteiger partial charge on any atom is 0.0469 e. The van der Waals surface area contributed by atoms with Gasteiger partial charge in [-0.3, -0.25) is 0 Å². The Labute approximate surface area is 101 Å². The number of ether oxygens (including phenoxy) is 1. The van der Waals surface area contributed by atoms with Crippen molar-refractivity contribution in [2.24, 2.45) is 5.92 Å². The minimum absolute atomic E-state index is 0.682. The highest BCUT2D eigenvalue weighted by molar-refractivity contribution is 4.71. The molecule has 1 aliphatic rings. The summed E-state index contributed by atoms with van der Waals surface area (Å²) in [4.78, 5) is 2.51. The molecule has 0 bridgehead atoms. The Bertz CT molecular complexity index is 169. The van der Waals surface area contributed by atoms with Gasteiger partial charge in [-0.1, -0.05) is 6.92 Å². The normalized spacial score (nSPS) is 20.2. The summed E-state index contributed by atoms with van der Waals surface area (Å²) in [5.74, 6) is 0.848. The van der Waals surface area contributed by atoms with E-state index in [4.69, 9.17) is 4.74 Å². The van der Waals surface area contributed by atoms with Crippen LogP contribution in [-0.2, 0) is 4.74 Å². The predicted octanol–water partition coefficient (Wildman–Crippen LogP) is 1.73. The fourth-order valence-electron chi connectivity index (χ4n) is 2.22. The van der Waals surface area contributed by atoms with Crippen molar-refractivity contribution in [3.8, 4) is 0 Å². The zero-order chi connectivity index (χ0) is 11.8. The van der Waals surface area contributed by atoms with Gasteiger partial charge in [0.05, 0.1) is 0 Å². The van der Waals surface area contributed by atoms with Crippen LogP contribution in [0.1, 0.15) is 33.1 Å². The third-order valence-corrected chi connectivity index (χ3v) is 3.63.